The van der Waals surface area contributed by atoms with Gasteiger partial charge in [-0.1, -0.05) is 29.8 Å². The van der Waals surface area contributed by atoms with E-state index < -0.39 is 0 Å². The fourth-order valence-corrected chi connectivity index (χ4v) is 1.67. The van der Waals surface area contributed by atoms with Crippen molar-refractivity contribution in [3.8, 4) is 0 Å². The van der Waals surface area contributed by atoms with Gasteiger partial charge in [-0.2, -0.15) is 0 Å². The van der Waals surface area contributed by atoms with Crippen LogP contribution in [0.3, 0.4) is 0 Å². The second-order valence-corrected chi connectivity index (χ2v) is 3.98. The lowest BCUT2D eigenvalue weighted by Gasteiger charge is -2.07. The molecule has 4 nitrogen and oxygen atoms in total. The number of nitroso groups, excluding NO2 is 1. The molecule has 1 amide bonds. The molecule has 90 valence electrons. The minimum absolute atomic E-state index is 0.220. The van der Waals surface area contributed by atoms with Crippen LogP contribution in [0.1, 0.15) is 10.4 Å². The zero-order valence-corrected chi connectivity index (χ0v) is 10.0. The number of amides is 1. The highest BCUT2D eigenvalue weighted by molar-refractivity contribution is 6.34. The number of hydrogen-bond acceptors (Lipinski definition) is 3. The van der Waals surface area contributed by atoms with E-state index in [9.17, 15) is 9.70 Å². The Labute approximate surface area is 109 Å². The highest BCUT2D eigenvalue weighted by Crippen LogP contribution is 2.27. The molecule has 0 radical (unpaired) electrons. The molecule has 2 aromatic carbocycles. The van der Waals surface area contributed by atoms with Crippen molar-refractivity contribution in [1.29, 1.82) is 0 Å². The molecule has 0 atom stereocenters. The van der Waals surface area contributed by atoms with E-state index in [4.69, 9.17) is 11.6 Å². The van der Waals surface area contributed by atoms with Gasteiger partial charge in [0.05, 0.1) is 10.7 Å². The van der Waals surface area contributed by atoms with Gasteiger partial charge in [0.15, 0.2) is 0 Å². The van der Waals surface area contributed by atoms with E-state index in [0.717, 1.165) is 0 Å². The number of halogens is 1. The van der Waals surface area contributed by atoms with Crippen molar-refractivity contribution in [2.45, 2.75) is 0 Å². The maximum atomic E-state index is 11.9. The summed E-state index contributed by atoms with van der Waals surface area (Å²) in [6.45, 7) is 0. The first kappa shape index (κ1) is 12.3. The first-order valence-electron chi connectivity index (χ1n) is 5.20. The average molecular weight is 261 g/mol. The highest BCUT2D eigenvalue weighted by atomic mass is 35.5. The predicted molar refractivity (Wildman–Crippen MR) is 71.3 cm³/mol. The second-order valence-electron chi connectivity index (χ2n) is 3.58. The van der Waals surface area contributed by atoms with Crippen LogP contribution in [0, 0.1) is 4.91 Å². The molecule has 0 aliphatic rings. The lowest BCUT2D eigenvalue weighted by Crippen LogP contribution is -2.11. The molecule has 0 bridgehead atoms. The lowest BCUT2D eigenvalue weighted by molar-refractivity contribution is 0.102. The Morgan fingerprint density at radius 2 is 1.83 bits per heavy atom. The number of benzene rings is 2. The molecule has 0 aliphatic heterocycles. The number of hydrogen-bond donors (Lipinski definition) is 1. The molecule has 0 aliphatic carbocycles. The van der Waals surface area contributed by atoms with Crippen LogP contribution in [0.4, 0.5) is 11.4 Å². The molecule has 0 saturated heterocycles. The van der Waals surface area contributed by atoms with Gasteiger partial charge in [-0.25, -0.2) is 0 Å². The summed E-state index contributed by atoms with van der Waals surface area (Å²) in [4.78, 5) is 22.2. The predicted octanol–water partition coefficient (Wildman–Crippen LogP) is 3.99. The maximum Gasteiger partial charge on any atom is 0.255 e. The topological polar surface area (TPSA) is 58.5 Å². The molecule has 1 N–H and O–H groups in total. The standard InChI is InChI=1S/C13H9ClN2O2/c14-11-8-10(16-18)6-7-12(11)15-13(17)9-4-2-1-3-5-9/h1-8H,(H,15,17). The van der Waals surface area contributed by atoms with Gasteiger partial charge >= 0.3 is 0 Å². The van der Waals surface area contributed by atoms with E-state index in [2.05, 4.69) is 10.5 Å². The van der Waals surface area contributed by atoms with E-state index in [-0.39, 0.29) is 16.6 Å². The monoisotopic (exact) mass is 260 g/mol. The number of rotatable bonds is 3. The molecule has 0 heterocycles. The molecular weight excluding hydrogens is 252 g/mol. The zero-order chi connectivity index (χ0) is 13.0. The zero-order valence-electron chi connectivity index (χ0n) is 9.26. The van der Waals surface area contributed by atoms with E-state index in [1.54, 1.807) is 30.3 Å². The van der Waals surface area contributed by atoms with Gasteiger partial charge in [0, 0.05) is 5.56 Å². The average Bonchev–Trinajstić information content (AvgIpc) is 2.42. The summed E-state index contributed by atoms with van der Waals surface area (Å²) < 4.78 is 0. The van der Waals surface area contributed by atoms with Gasteiger partial charge in [0.1, 0.15) is 5.69 Å². The van der Waals surface area contributed by atoms with Crippen LogP contribution in [-0.4, -0.2) is 5.91 Å². The Bertz CT molecular complexity index is 585. The summed E-state index contributed by atoms with van der Waals surface area (Å²) in [5.41, 5.74) is 1.20. The van der Waals surface area contributed by atoms with Crippen molar-refractivity contribution < 1.29 is 4.79 Å². The summed E-state index contributed by atoms with van der Waals surface area (Å²) in [7, 11) is 0. The van der Waals surface area contributed by atoms with Crippen LogP contribution < -0.4 is 5.32 Å². The first-order valence-corrected chi connectivity index (χ1v) is 5.58. The third-order valence-electron chi connectivity index (χ3n) is 2.34. The van der Waals surface area contributed by atoms with Crippen molar-refractivity contribution in [3.05, 3.63) is 64.0 Å². The molecule has 0 saturated carbocycles. The molecule has 0 unspecified atom stereocenters. The molecule has 2 aromatic rings. The van der Waals surface area contributed by atoms with Crippen LogP contribution in [0.25, 0.3) is 0 Å². The van der Waals surface area contributed by atoms with E-state index >= 15 is 0 Å². The molecule has 0 spiro atoms. The number of nitrogens with one attached hydrogen (secondary N) is 1. The van der Waals surface area contributed by atoms with Crippen molar-refractivity contribution in [2.75, 3.05) is 5.32 Å². The van der Waals surface area contributed by atoms with Crippen LogP contribution >= 0.6 is 11.6 Å². The molecular formula is C13H9ClN2O2. The number of carbonyl (C=O) groups excluding carboxylic acids is 1. The van der Waals surface area contributed by atoms with Crippen molar-refractivity contribution in [2.24, 2.45) is 5.18 Å². The lowest BCUT2D eigenvalue weighted by atomic mass is 10.2. The van der Waals surface area contributed by atoms with Crippen molar-refractivity contribution >= 4 is 28.9 Å². The number of carbonyl (C=O) groups is 1. The largest absolute Gasteiger partial charge is 0.321 e. The molecule has 2 rings (SSSR count). The quantitative estimate of drug-likeness (QED) is 0.848. The highest BCUT2D eigenvalue weighted by Gasteiger charge is 2.08. The van der Waals surface area contributed by atoms with Gasteiger partial charge < -0.3 is 5.32 Å². The van der Waals surface area contributed by atoms with Gasteiger partial charge in [0.2, 0.25) is 0 Å². The van der Waals surface area contributed by atoms with Crippen LogP contribution in [0.5, 0.6) is 0 Å². The van der Waals surface area contributed by atoms with Gasteiger partial charge in [0.25, 0.3) is 5.91 Å². The Balaban J connectivity index is 2.20. The molecule has 5 heteroatoms. The summed E-state index contributed by atoms with van der Waals surface area (Å²) >= 11 is 5.93. The minimum Gasteiger partial charge on any atom is -0.321 e. The Morgan fingerprint density at radius 1 is 1.11 bits per heavy atom. The summed E-state index contributed by atoms with van der Waals surface area (Å²) in [6.07, 6.45) is 0. The smallest absolute Gasteiger partial charge is 0.255 e. The summed E-state index contributed by atoms with van der Waals surface area (Å²) in [5, 5.41) is 5.70. The van der Waals surface area contributed by atoms with Crippen LogP contribution in [-0.2, 0) is 0 Å². The Morgan fingerprint density at radius 3 is 2.44 bits per heavy atom. The van der Waals surface area contributed by atoms with E-state index in [0.29, 0.717) is 11.3 Å². The van der Waals surface area contributed by atoms with Crippen LogP contribution in [0.2, 0.25) is 5.02 Å². The summed E-state index contributed by atoms with van der Waals surface area (Å²) in [6, 6.07) is 13.2. The molecule has 0 aromatic heterocycles. The SMILES string of the molecule is O=Nc1ccc(NC(=O)c2ccccc2)c(Cl)c1. The first-order chi connectivity index (χ1) is 8.70. The third kappa shape index (κ3) is 2.73. The number of anilines is 1. The minimum atomic E-state index is -0.260. The van der Waals surface area contributed by atoms with Crippen molar-refractivity contribution in [1.82, 2.24) is 0 Å². The normalized spacial score (nSPS) is 9.83. The Hall–Kier alpha value is -2.20. The molecule has 0 fully saturated rings. The third-order valence-corrected chi connectivity index (χ3v) is 2.65. The van der Waals surface area contributed by atoms with Gasteiger partial charge in [-0.3, -0.25) is 4.79 Å². The molecule has 18 heavy (non-hydrogen) atoms. The second kappa shape index (κ2) is 5.42. The Kier molecular flexibility index (Phi) is 3.69. The van der Waals surface area contributed by atoms with E-state index in [1.807, 2.05) is 6.07 Å². The number of nitrogens with zero attached hydrogens (tertiary/aromatic N) is 1. The van der Waals surface area contributed by atoms with Gasteiger partial charge in [-0.15, -0.1) is 4.91 Å². The summed E-state index contributed by atoms with van der Waals surface area (Å²) in [5.74, 6) is -0.260. The fraction of sp³-hybridized carbons (Fsp3) is 0. The van der Waals surface area contributed by atoms with Gasteiger partial charge in [-0.05, 0) is 35.5 Å². The maximum absolute atomic E-state index is 11.9. The van der Waals surface area contributed by atoms with Crippen LogP contribution in [0.15, 0.2) is 53.7 Å². The fourth-order valence-electron chi connectivity index (χ4n) is 1.45. The van der Waals surface area contributed by atoms with Crippen molar-refractivity contribution in [3.63, 3.8) is 0 Å². The van der Waals surface area contributed by atoms with E-state index in [1.165, 1.54) is 12.1 Å².